The van der Waals surface area contributed by atoms with Crippen molar-refractivity contribution in [2.45, 2.75) is 71.1 Å². The van der Waals surface area contributed by atoms with Crippen molar-refractivity contribution in [2.75, 3.05) is 25.1 Å². The molecule has 0 saturated carbocycles. The number of nitrogens with zero attached hydrogens (tertiary/aromatic N) is 1. The number of sulfone groups is 1. The van der Waals surface area contributed by atoms with Crippen LogP contribution in [0.3, 0.4) is 0 Å². The molecule has 1 rings (SSSR count). The van der Waals surface area contributed by atoms with E-state index >= 15 is 0 Å². The van der Waals surface area contributed by atoms with Gasteiger partial charge in [0.25, 0.3) is 0 Å². The first-order valence-corrected chi connectivity index (χ1v) is 10.9. The first kappa shape index (κ1) is 22.5. The van der Waals surface area contributed by atoms with E-state index in [1.807, 2.05) is 34.6 Å². The minimum atomic E-state index is -2.95. The fraction of sp³-hybridized carbons (Fsp3) is 0.882. The number of alkyl carbamates (subject to hydrolysis) is 1. The van der Waals surface area contributed by atoms with Gasteiger partial charge in [-0.1, -0.05) is 13.8 Å². The number of hydrogen-bond donors (Lipinski definition) is 3. The molecule has 0 radical (unpaired) electrons. The largest absolute Gasteiger partial charge is 0.444 e. The van der Waals surface area contributed by atoms with Crippen LogP contribution in [0.1, 0.15) is 53.9 Å². The Morgan fingerprint density at radius 1 is 1.23 bits per heavy atom. The van der Waals surface area contributed by atoms with Crippen LogP contribution in [0.2, 0.25) is 0 Å². The van der Waals surface area contributed by atoms with Gasteiger partial charge in [0.2, 0.25) is 0 Å². The van der Waals surface area contributed by atoms with Crippen LogP contribution in [0.25, 0.3) is 0 Å². The quantitative estimate of drug-likeness (QED) is 0.467. The van der Waals surface area contributed by atoms with Crippen molar-refractivity contribution >= 4 is 21.9 Å². The zero-order valence-corrected chi connectivity index (χ0v) is 17.6. The van der Waals surface area contributed by atoms with Crippen molar-refractivity contribution < 1.29 is 17.9 Å². The molecule has 1 fully saturated rings. The summed E-state index contributed by atoms with van der Waals surface area (Å²) in [5.74, 6) is 0.857. The molecule has 1 atom stereocenters. The normalized spacial score (nSPS) is 20.5. The molecule has 9 heteroatoms. The highest BCUT2D eigenvalue weighted by Gasteiger charge is 2.32. The summed E-state index contributed by atoms with van der Waals surface area (Å²) in [5.41, 5.74) is -1.04. The summed E-state index contributed by atoms with van der Waals surface area (Å²) >= 11 is 0. The lowest BCUT2D eigenvalue weighted by Gasteiger charge is -2.34. The molecule has 1 unspecified atom stereocenters. The summed E-state index contributed by atoms with van der Waals surface area (Å²) in [6.07, 6.45) is 1.55. The molecule has 0 spiro atoms. The Morgan fingerprint density at radius 2 is 1.85 bits per heavy atom. The molecule has 1 aliphatic rings. The number of aliphatic imine (C=N–C) groups is 1. The van der Waals surface area contributed by atoms with Crippen molar-refractivity contribution in [3.63, 3.8) is 0 Å². The van der Waals surface area contributed by atoms with Gasteiger partial charge in [0.05, 0.1) is 17.0 Å². The van der Waals surface area contributed by atoms with Crippen LogP contribution in [-0.4, -0.2) is 62.8 Å². The van der Waals surface area contributed by atoms with Gasteiger partial charge in [0.1, 0.15) is 5.60 Å². The van der Waals surface area contributed by atoms with Crippen LogP contribution in [0, 0.1) is 0 Å². The standard InChI is InChI=1S/C17H34N4O4S/c1-7-17(8-2,21-15(22)25-16(3,4)5)12-19-14(18-6)20-13-9-10-26(23,24)11-13/h13H,7-12H2,1-6H3,(H,21,22)(H2,18,19,20). The predicted molar refractivity (Wildman–Crippen MR) is 104 cm³/mol. The molecule has 1 heterocycles. The number of carbonyl (C=O) groups excluding carboxylic acids is 1. The summed E-state index contributed by atoms with van der Waals surface area (Å²) in [6.45, 7) is 9.94. The molecule has 0 aromatic rings. The van der Waals surface area contributed by atoms with E-state index in [0.717, 1.165) is 0 Å². The van der Waals surface area contributed by atoms with Crippen LogP contribution >= 0.6 is 0 Å². The lowest BCUT2D eigenvalue weighted by Crippen LogP contribution is -2.57. The van der Waals surface area contributed by atoms with E-state index in [0.29, 0.717) is 31.8 Å². The van der Waals surface area contributed by atoms with E-state index in [1.165, 1.54) is 0 Å². The number of hydrogen-bond acceptors (Lipinski definition) is 5. The van der Waals surface area contributed by atoms with Crippen LogP contribution in [-0.2, 0) is 14.6 Å². The SMILES string of the molecule is CCC(CC)(CNC(=NC)NC1CCS(=O)(=O)C1)NC(=O)OC(C)(C)C. The first-order valence-electron chi connectivity index (χ1n) is 9.13. The Hall–Kier alpha value is -1.51. The molecule has 0 bridgehead atoms. The lowest BCUT2D eigenvalue weighted by molar-refractivity contribution is 0.0448. The van der Waals surface area contributed by atoms with Gasteiger partial charge >= 0.3 is 6.09 Å². The highest BCUT2D eigenvalue weighted by Crippen LogP contribution is 2.16. The maximum absolute atomic E-state index is 12.2. The van der Waals surface area contributed by atoms with Crippen molar-refractivity contribution in [3.05, 3.63) is 0 Å². The summed E-state index contributed by atoms with van der Waals surface area (Å²) in [4.78, 5) is 16.3. The zero-order chi connectivity index (χ0) is 20.0. The van der Waals surface area contributed by atoms with Crippen LogP contribution in [0.15, 0.2) is 4.99 Å². The van der Waals surface area contributed by atoms with Gasteiger partial charge in [-0.15, -0.1) is 0 Å². The summed E-state index contributed by atoms with van der Waals surface area (Å²) < 4.78 is 28.6. The maximum Gasteiger partial charge on any atom is 0.408 e. The maximum atomic E-state index is 12.2. The highest BCUT2D eigenvalue weighted by atomic mass is 32.2. The van der Waals surface area contributed by atoms with E-state index in [4.69, 9.17) is 4.74 Å². The summed E-state index contributed by atoms with van der Waals surface area (Å²) in [6, 6.07) is -0.136. The Morgan fingerprint density at radius 3 is 2.27 bits per heavy atom. The van der Waals surface area contributed by atoms with Crippen LogP contribution in [0.4, 0.5) is 4.79 Å². The summed E-state index contributed by atoms with van der Waals surface area (Å²) in [7, 11) is -1.32. The van der Waals surface area contributed by atoms with E-state index < -0.39 is 27.1 Å². The number of nitrogens with one attached hydrogen (secondary N) is 3. The van der Waals surface area contributed by atoms with E-state index in [1.54, 1.807) is 7.05 Å². The van der Waals surface area contributed by atoms with Crippen molar-refractivity contribution in [2.24, 2.45) is 4.99 Å². The molecule has 26 heavy (non-hydrogen) atoms. The molecule has 1 saturated heterocycles. The molecule has 152 valence electrons. The van der Waals surface area contributed by atoms with Crippen LogP contribution < -0.4 is 16.0 Å². The Bertz CT molecular complexity index is 607. The Labute approximate surface area is 157 Å². The number of carbonyl (C=O) groups is 1. The van der Waals surface area contributed by atoms with E-state index in [9.17, 15) is 13.2 Å². The monoisotopic (exact) mass is 390 g/mol. The number of amides is 1. The first-order chi connectivity index (χ1) is 11.9. The number of ether oxygens (including phenoxy) is 1. The molecule has 1 aliphatic heterocycles. The van der Waals surface area contributed by atoms with Gasteiger partial charge < -0.3 is 20.7 Å². The average Bonchev–Trinajstić information content (AvgIpc) is 2.87. The van der Waals surface area contributed by atoms with Gasteiger partial charge in [-0.05, 0) is 40.0 Å². The molecular formula is C17H34N4O4S. The van der Waals surface area contributed by atoms with Gasteiger partial charge in [-0.3, -0.25) is 4.99 Å². The number of rotatable bonds is 6. The van der Waals surface area contributed by atoms with Crippen molar-refractivity contribution in [3.8, 4) is 0 Å². The second-order valence-corrected chi connectivity index (χ2v) is 10.0. The van der Waals surface area contributed by atoms with Crippen molar-refractivity contribution in [1.82, 2.24) is 16.0 Å². The summed E-state index contributed by atoms with van der Waals surface area (Å²) in [5, 5.41) is 9.33. The van der Waals surface area contributed by atoms with Gasteiger partial charge in [0.15, 0.2) is 15.8 Å². The fourth-order valence-electron chi connectivity index (χ4n) is 2.79. The molecule has 0 aromatic carbocycles. The zero-order valence-electron chi connectivity index (χ0n) is 16.8. The Kier molecular flexibility index (Phi) is 7.73. The topological polar surface area (TPSA) is 109 Å². The third kappa shape index (κ3) is 7.39. The molecular weight excluding hydrogens is 356 g/mol. The number of guanidine groups is 1. The second kappa shape index (κ2) is 8.92. The minimum Gasteiger partial charge on any atom is -0.444 e. The smallest absolute Gasteiger partial charge is 0.408 e. The fourth-order valence-corrected chi connectivity index (χ4v) is 4.46. The van der Waals surface area contributed by atoms with Gasteiger partial charge in [0, 0.05) is 19.6 Å². The average molecular weight is 391 g/mol. The van der Waals surface area contributed by atoms with Crippen LogP contribution in [0.5, 0.6) is 0 Å². The molecule has 1 amide bonds. The molecule has 0 aliphatic carbocycles. The van der Waals surface area contributed by atoms with Gasteiger partial charge in [-0.2, -0.15) is 0 Å². The van der Waals surface area contributed by atoms with E-state index in [-0.39, 0.29) is 17.5 Å². The highest BCUT2D eigenvalue weighted by molar-refractivity contribution is 7.91. The molecule has 8 nitrogen and oxygen atoms in total. The minimum absolute atomic E-state index is 0.122. The second-order valence-electron chi connectivity index (χ2n) is 7.78. The third-order valence-electron chi connectivity index (χ3n) is 4.51. The van der Waals surface area contributed by atoms with Crippen molar-refractivity contribution in [1.29, 1.82) is 0 Å². The van der Waals surface area contributed by atoms with E-state index in [2.05, 4.69) is 20.9 Å². The van der Waals surface area contributed by atoms with Gasteiger partial charge in [-0.25, -0.2) is 13.2 Å². The molecule has 0 aromatic heterocycles. The molecule has 3 N–H and O–H groups in total. The predicted octanol–water partition coefficient (Wildman–Crippen LogP) is 1.42. The third-order valence-corrected chi connectivity index (χ3v) is 6.28. The Balaban J connectivity index is 2.66. The lowest BCUT2D eigenvalue weighted by atomic mass is 9.93.